The van der Waals surface area contributed by atoms with E-state index in [-0.39, 0.29) is 0 Å². The number of benzene rings is 1. The van der Waals surface area contributed by atoms with Crippen LogP contribution in [0, 0.1) is 6.92 Å². The molecule has 1 nitrogen and oxygen atoms in total. The highest BCUT2D eigenvalue weighted by Gasteiger charge is 2.52. The molecule has 1 atom stereocenters. The van der Waals surface area contributed by atoms with Crippen LogP contribution in [-0.4, -0.2) is 12.1 Å². The Morgan fingerprint density at radius 1 is 1.29 bits per heavy atom. The SMILES string of the molecule is Cc1ccccc1C1CCNC12CC2. The Bertz CT molecular complexity index is 352. The van der Waals surface area contributed by atoms with Crippen LogP contribution in [0.4, 0.5) is 0 Å². The first-order valence-corrected chi connectivity index (χ1v) is 5.62. The van der Waals surface area contributed by atoms with E-state index in [1.54, 1.807) is 5.56 Å². The molecule has 0 radical (unpaired) electrons. The van der Waals surface area contributed by atoms with Gasteiger partial charge in [-0.05, 0) is 43.9 Å². The highest BCUT2D eigenvalue weighted by molar-refractivity contribution is 5.35. The Hall–Kier alpha value is -0.820. The van der Waals surface area contributed by atoms with Gasteiger partial charge in [-0.2, -0.15) is 0 Å². The minimum Gasteiger partial charge on any atom is -0.311 e. The van der Waals surface area contributed by atoms with Crippen molar-refractivity contribution < 1.29 is 0 Å². The van der Waals surface area contributed by atoms with Crippen molar-refractivity contribution in [3.63, 3.8) is 0 Å². The molecule has 1 aliphatic heterocycles. The summed E-state index contributed by atoms with van der Waals surface area (Å²) < 4.78 is 0. The van der Waals surface area contributed by atoms with Gasteiger partial charge in [0.15, 0.2) is 0 Å². The van der Waals surface area contributed by atoms with Crippen LogP contribution in [0.2, 0.25) is 0 Å². The van der Waals surface area contributed by atoms with E-state index in [4.69, 9.17) is 0 Å². The zero-order valence-corrected chi connectivity index (χ0v) is 8.72. The van der Waals surface area contributed by atoms with Crippen molar-refractivity contribution in [2.45, 2.75) is 37.6 Å². The topological polar surface area (TPSA) is 12.0 Å². The molecule has 0 amide bonds. The minimum atomic E-state index is 0.506. The highest BCUT2D eigenvalue weighted by atomic mass is 15.1. The number of hydrogen-bond donors (Lipinski definition) is 1. The molecule has 1 heteroatoms. The second-order valence-electron chi connectivity index (χ2n) is 4.78. The highest BCUT2D eigenvalue weighted by Crippen LogP contribution is 2.52. The molecule has 1 saturated carbocycles. The molecule has 1 saturated heterocycles. The molecule has 2 aliphatic rings. The largest absolute Gasteiger partial charge is 0.311 e. The van der Waals surface area contributed by atoms with Crippen LogP contribution in [0.1, 0.15) is 36.3 Å². The predicted molar refractivity (Wildman–Crippen MR) is 58.5 cm³/mol. The lowest BCUT2D eigenvalue weighted by Crippen LogP contribution is -2.28. The second kappa shape index (κ2) is 2.83. The fourth-order valence-electron chi connectivity index (χ4n) is 2.96. The summed E-state index contributed by atoms with van der Waals surface area (Å²) in [6.07, 6.45) is 4.09. The Morgan fingerprint density at radius 2 is 2.07 bits per heavy atom. The summed E-state index contributed by atoms with van der Waals surface area (Å²) in [5.74, 6) is 0.781. The Kier molecular flexibility index (Phi) is 1.72. The maximum Gasteiger partial charge on any atom is 0.0251 e. The molecule has 0 aromatic heterocycles. The standard InChI is InChI=1S/C13H17N/c1-10-4-2-3-5-11(10)12-6-9-14-13(12)7-8-13/h2-5,12,14H,6-9H2,1H3. The molecule has 74 valence electrons. The van der Waals surface area contributed by atoms with Crippen LogP contribution >= 0.6 is 0 Å². The molecular formula is C13H17N. The van der Waals surface area contributed by atoms with Gasteiger partial charge in [0.2, 0.25) is 0 Å². The van der Waals surface area contributed by atoms with Crippen molar-refractivity contribution in [2.24, 2.45) is 0 Å². The molecule has 1 heterocycles. The average Bonchev–Trinajstić information content (AvgIpc) is 2.82. The van der Waals surface area contributed by atoms with Crippen molar-refractivity contribution in [3.05, 3.63) is 35.4 Å². The third-order valence-electron chi connectivity index (χ3n) is 3.93. The third kappa shape index (κ3) is 1.12. The number of nitrogens with one attached hydrogen (secondary N) is 1. The number of hydrogen-bond acceptors (Lipinski definition) is 1. The van der Waals surface area contributed by atoms with Crippen molar-refractivity contribution in [3.8, 4) is 0 Å². The molecule has 1 aromatic carbocycles. The minimum absolute atomic E-state index is 0.506. The first-order valence-electron chi connectivity index (χ1n) is 5.62. The van der Waals surface area contributed by atoms with Gasteiger partial charge in [-0.3, -0.25) is 0 Å². The van der Waals surface area contributed by atoms with Gasteiger partial charge in [-0.15, -0.1) is 0 Å². The zero-order chi connectivity index (χ0) is 9.60. The normalized spacial score (nSPS) is 28.2. The summed E-state index contributed by atoms with van der Waals surface area (Å²) in [6, 6.07) is 8.87. The van der Waals surface area contributed by atoms with Crippen molar-refractivity contribution in [1.82, 2.24) is 5.32 Å². The van der Waals surface area contributed by atoms with Crippen LogP contribution in [-0.2, 0) is 0 Å². The van der Waals surface area contributed by atoms with Gasteiger partial charge in [0.05, 0.1) is 0 Å². The zero-order valence-electron chi connectivity index (χ0n) is 8.72. The van der Waals surface area contributed by atoms with Gasteiger partial charge in [0, 0.05) is 11.5 Å². The predicted octanol–water partition coefficient (Wildman–Crippen LogP) is 2.60. The van der Waals surface area contributed by atoms with Gasteiger partial charge in [-0.1, -0.05) is 24.3 Å². The fraction of sp³-hybridized carbons (Fsp3) is 0.538. The number of aryl methyl sites for hydroxylation is 1. The Balaban J connectivity index is 1.99. The van der Waals surface area contributed by atoms with E-state index in [9.17, 15) is 0 Å². The van der Waals surface area contributed by atoms with E-state index in [1.165, 1.54) is 31.4 Å². The van der Waals surface area contributed by atoms with Gasteiger partial charge in [0.1, 0.15) is 0 Å². The maximum absolute atomic E-state index is 3.68. The van der Waals surface area contributed by atoms with Crippen molar-refractivity contribution in [2.75, 3.05) is 6.54 Å². The van der Waals surface area contributed by atoms with Gasteiger partial charge < -0.3 is 5.32 Å². The van der Waals surface area contributed by atoms with Crippen LogP contribution in [0.3, 0.4) is 0 Å². The number of rotatable bonds is 1. The lowest BCUT2D eigenvalue weighted by molar-refractivity contribution is 0.533. The summed E-state index contributed by atoms with van der Waals surface area (Å²) in [5, 5.41) is 3.68. The Morgan fingerprint density at radius 3 is 2.79 bits per heavy atom. The van der Waals surface area contributed by atoms with Gasteiger partial charge in [-0.25, -0.2) is 0 Å². The Labute approximate surface area is 85.5 Å². The molecule has 1 aromatic rings. The smallest absolute Gasteiger partial charge is 0.0251 e. The van der Waals surface area contributed by atoms with Gasteiger partial charge >= 0.3 is 0 Å². The summed E-state index contributed by atoms with van der Waals surface area (Å²) in [6.45, 7) is 3.45. The molecule has 1 spiro atoms. The molecule has 1 N–H and O–H groups in total. The lowest BCUT2D eigenvalue weighted by atomic mass is 9.87. The molecule has 0 bridgehead atoms. The first-order chi connectivity index (χ1) is 6.82. The molecular weight excluding hydrogens is 170 g/mol. The maximum atomic E-state index is 3.68. The van der Waals surface area contributed by atoms with Crippen LogP contribution < -0.4 is 5.32 Å². The van der Waals surface area contributed by atoms with E-state index in [1.807, 2.05) is 0 Å². The van der Waals surface area contributed by atoms with E-state index in [2.05, 4.69) is 36.5 Å². The monoisotopic (exact) mass is 187 g/mol. The van der Waals surface area contributed by atoms with E-state index < -0.39 is 0 Å². The lowest BCUT2D eigenvalue weighted by Gasteiger charge is -2.20. The average molecular weight is 187 g/mol. The van der Waals surface area contributed by atoms with E-state index >= 15 is 0 Å². The third-order valence-corrected chi connectivity index (χ3v) is 3.93. The molecule has 2 fully saturated rings. The summed E-state index contributed by atoms with van der Waals surface area (Å²) >= 11 is 0. The summed E-state index contributed by atoms with van der Waals surface area (Å²) in [7, 11) is 0. The van der Waals surface area contributed by atoms with E-state index in [0.29, 0.717) is 5.54 Å². The first kappa shape index (κ1) is 8.49. The van der Waals surface area contributed by atoms with Crippen molar-refractivity contribution >= 4 is 0 Å². The molecule has 3 rings (SSSR count). The van der Waals surface area contributed by atoms with Crippen molar-refractivity contribution in [1.29, 1.82) is 0 Å². The van der Waals surface area contributed by atoms with Crippen LogP contribution in [0.25, 0.3) is 0 Å². The second-order valence-corrected chi connectivity index (χ2v) is 4.78. The van der Waals surface area contributed by atoms with Gasteiger partial charge in [0.25, 0.3) is 0 Å². The fourth-order valence-corrected chi connectivity index (χ4v) is 2.96. The molecule has 14 heavy (non-hydrogen) atoms. The summed E-state index contributed by atoms with van der Waals surface area (Å²) in [4.78, 5) is 0. The molecule has 1 unspecified atom stereocenters. The van der Waals surface area contributed by atoms with E-state index in [0.717, 1.165) is 5.92 Å². The summed E-state index contributed by atoms with van der Waals surface area (Å²) in [5.41, 5.74) is 3.55. The van der Waals surface area contributed by atoms with Crippen LogP contribution in [0.15, 0.2) is 24.3 Å². The quantitative estimate of drug-likeness (QED) is 0.712. The molecule has 1 aliphatic carbocycles. The van der Waals surface area contributed by atoms with Crippen LogP contribution in [0.5, 0.6) is 0 Å².